The van der Waals surface area contributed by atoms with Crippen LogP contribution in [0.3, 0.4) is 0 Å². The van der Waals surface area contributed by atoms with Crippen LogP contribution in [0.1, 0.15) is 21.5 Å². The van der Waals surface area contributed by atoms with Crippen molar-refractivity contribution in [3.8, 4) is 0 Å². The molecule has 4 heteroatoms. The number of thioether (sulfide) groups is 1. The maximum atomic E-state index is 12.8. The van der Waals surface area contributed by atoms with Crippen molar-refractivity contribution in [2.75, 3.05) is 6.26 Å². The Balaban J connectivity index is 1.80. The topological polar surface area (TPSA) is 37.4 Å². The largest absolute Gasteiger partial charge is 0.295 e. The highest BCUT2D eigenvalue weighted by molar-refractivity contribution is 8.03. The zero-order valence-corrected chi connectivity index (χ0v) is 13.5. The van der Waals surface area contributed by atoms with E-state index in [0.29, 0.717) is 16.9 Å². The average Bonchev–Trinajstić information content (AvgIpc) is 3.03. The number of hydrogen-bond acceptors (Lipinski definition) is 3. The molecule has 2 aliphatic heterocycles. The van der Waals surface area contributed by atoms with E-state index >= 15 is 0 Å². The monoisotopic (exact) mass is 321 g/mol. The third-order valence-electron chi connectivity index (χ3n) is 4.40. The van der Waals surface area contributed by atoms with E-state index in [4.69, 9.17) is 0 Å². The highest BCUT2D eigenvalue weighted by Crippen LogP contribution is 2.45. The van der Waals surface area contributed by atoms with Crippen LogP contribution in [0.15, 0.2) is 59.5 Å². The van der Waals surface area contributed by atoms with Gasteiger partial charge in [0, 0.05) is 17.5 Å². The van der Waals surface area contributed by atoms with Crippen molar-refractivity contribution in [2.24, 2.45) is 0 Å². The van der Waals surface area contributed by atoms with E-state index in [0.717, 1.165) is 16.8 Å². The van der Waals surface area contributed by atoms with Gasteiger partial charge in [0.15, 0.2) is 5.78 Å². The van der Waals surface area contributed by atoms with E-state index in [1.807, 2.05) is 60.9 Å². The Morgan fingerprint density at radius 2 is 1.61 bits per heavy atom. The molecule has 0 aromatic heterocycles. The standard InChI is InChI=1S/C19H15NO2S/c1-23-18-16-13-9-5-6-10-14(13)19(22)20(16)15(17(18)21)11-12-7-3-2-4-8-12/h2-10,15H,11H2,1H3. The Labute approximate surface area is 139 Å². The summed E-state index contributed by atoms with van der Waals surface area (Å²) in [5.74, 6) is -0.00635. The van der Waals surface area contributed by atoms with Crippen LogP contribution in [-0.4, -0.2) is 28.9 Å². The first-order chi connectivity index (χ1) is 11.2. The summed E-state index contributed by atoms with van der Waals surface area (Å²) in [6, 6.07) is 17.0. The summed E-state index contributed by atoms with van der Waals surface area (Å²) in [5, 5.41) is 0. The summed E-state index contributed by atoms with van der Waals surface area (Å²) in [4.78, 5) is 28.1. The number of nitrogens with zero attached hydrogens (tertiary/aromatic N) is 1. The van der Waals surface area contributed by atoms with Gasteiger partial charge in [-0.25, -0.2) is 0 Å². The molecule has 0 aliphatic carbocycles. The molecule has 0 bridgehead atoms. The third kappa shape index (κ3) is 2.05. The molecule has 0 saturated heterocycles. The Morgan fingerprint density at radius 1 is 0.957 bits per heavy atom. The van der Waals surface area contributed by atoms with Crippen LogP contribution in [0.2, 0.25) is 0 Å². The summed E-state index contributed by atoms with van der Waals surface area (Å²) < 4.78 is 0. The number of carbonyl (C=O) groups excluding carboxylic acids is 2. The van der Waals surface area contributed by atoms with Gasteiger partial charge in [-0.15, -0.1) is 11.8 Å². The predicted octanol–water partition coefficient (Wildman–Crippen LogP) is 3.37. The van der Waals surface area contributed by atoms with Crippen LogP contribution < -0.4 is 0 Å². The molecule has 0 spiro atoms. The molecule has 2 heterocycles. The zero-order valence-electron chi connectivity index (χ0n) is 12.7. The van der Waals surface area contributed by atoms with E-state index in [1.54, 1.807) is 4.90 Å². The second-order valence-corrected chi connectivity index (χ2v) is 6.49. The Morgan fingerprint density at radius 3 is 2.30 bits per heavy atom. The van der Waals surface area contributed by atoms with Crippen LogP contribution in [0.4, 0.5) is 0 Å². The molecule has 1 amide bonds. The van der Waals surface area contributed by atoms with Gasteiger partial charge in [-0.1, -0.05) is 48.5 Å². The fourth-order valence-corrected chi connectivity index (χ4v) is 4.11. The van der Waals surface area contributed by atoms with Crippen LogP contribution in [0.25, 0.3) is 5.70 Å². The fraction of sp³-hybridized carbons (Fsp3) is 0.158. The van der Waals surface area contributed by atoms with Crippen LogP contribution >= 0.6 is 11.8 Å². The molecule has 4 rings (SSSR count). The van der Waals surface area contributed by atoms with Crippen molar-refractivity contribution in [3.05, 3.63) is 76.2 Å². The molecule has 0 N–H and O–H groups in total. The van der Waals surface area contributed by atoms with Gasteiger partial charge in [0.2, 0.25) is 0 Å². The second-order valence-electron chi connectivity index (χ2n) is 5.67. The molecule has 0 radical (unpaired) electrons. The van der Waals surface area contributed by atoms with Crippen molar-refractivity contribution in [1.82, 2.24) is 4.90 Å². The number of Topliss-reactive ketones (excluding diaryl/α,β-unsaturated/α-hetero) is 1. The van der Waals surface area contributed by atoms with Crippen LogP contribution in [-0.2, 0) is 11.2 Å². The van der Waals surface area contributed by atoms with Gasteiger partial charge < -0.3 is 0 Å². The Kier molecular flexibility index (Phi) is 3.34. The number of ketones is 1. The fourth-order valence-electron chi connectivity index (χ4n) is 3.37. The van der Waals surface area contributed by atoms with E-state index in [1.165, 1.54) is 11.8 Å². The Bertz CT molecular complexity index is 841. The molecule has 0 saturated carbocycles. The molecule has 2 aromatic carbocycles. The minimum absolute atomic E-state index is 0.0548. The first kappa shape index (κ1) is 14.3. The Hall–Kier alpha value is -2.33. The lowest BCUT2D eigenvalue weighted by Crippen LogP contribution is -2.37. The van der Waals surface area contributed by atoms with Crippen molar-refractivity contribution in [3.63, 3.8) is 0 Å². The number of benzene rings is 2. The molecular weight excluding hydrogens is 306 g/mol. The van der Waals surface area contributed by atoms with Crippen LogP contribution in [0.5, 0.6) is 0 Å². The van der Waals surface area contributed by atoms with Crippen molar-refractivity contribution in [2.45, 2.75) is 12.5 Å². The van der Waals surface area contributed by atoms with Crippen molar-refractivity contribution in [1.29, 1.82) is 0 Å². The highest BCUT2D eigenvalue weighted by Gasteiger charge is 2.48. The molecule has 23 heavy (non-hydrogen) atoms. The van der Waals surface area contributed by atoms with Gasteiger partial charge in [-0.05, 0) is 17.9 Å². The first-order valence-electron chi connectivity index (χ1n) is 7.51. The average molecular weight is 321 g/mol. The summed E-state index contributed by atoms with van der Waals surface area (Å²) >= 11 is 1.43. The molecule has 3 nitrogen and oxygen atoms in total. The molecule has 114 valence electrons. The number of hydrogen-bond donors (Lipinski definition) is 0. The first-order valence-corrected chi connectivity index (χ1v) is 8.74. The SMILES string of the molecule is CSC1=C2c3ccccc3C(=O)N2C(Cc2ccccc2)C1=O. The smallest absolute Gasteiger partial charge is 0.259 e. The van der Waals surface area contributed by atoms with Gasteiger partial charge in [0.05, 0.1) is 10.6 Å². The van der Waals surface area contributed by atoms with Gasteiger partial charge in [-0.2, -0.15) is 0 Å². The normalized spacial score (nSPS) is 19.3. The maximum absolute atomic E-state index is 12.8. The molecule has 2 aliphatic rings. The molecule has 1 unspecified atom stereocenters. The minimum atomic E-state index is -0.435. The maximum Gasteiger partial charge on any atom is 0.259 e. The molecule has 1 atom stereocenters. The zero-order chi connectivity index (χ0) is 16.0. The number of fused-ring (bicyclic) bond motifs is 3. The number of amides is 1. The number of carbonyl (C=O) groups is 2. The predicted molar refractivity (Wildman–Crippen MR) is 92.0 cm³/mol. The summed E-state index contributed by atoms with van der Waals surface area (Å²) in [6.45, 7) is 0. The van der Waals surface area contributed by atoms with Crippen molar-refractivity contribution >= 4 is 29.1 Å². The summed E-state index contributed by atoms with van der Waals surface area (Å²) in [7, 11) is 0. The minimum Gasteiger partial charge on any atom is -0.295 e. The molecule has 2 aromatic rings. The summed E-state index contributed by atoms with van der Waals surface area (Å²) in [6.07, 6.45) is 2.45. The third-order valence-corrected chi connectivity index (χ3v) is 5.20. The van der Waals surface area contributed by atoms with E-state index in [2.05, 4.69) is 0 Å². The van der Waals surface area contributed by atoms with E-state index < -0.39 is 6.04 Å². The lowest BCUT2D eigenvalue weighted by molar-refractivity contribution is -0.117. The van der Waals surface area contributed by atoms with Gasteiger partial charge in [-0.3, -0.25) is 14.5 Å². The van der Waals surface area contributed by atoms with E-state index in [9.17, 15) is 9.59 Å². The van der Waals surface area contributed by atoms with Gasteiger partial charge in [0.1, 0.15) is 6.04 Å². The lowest BCUT2D eigenvalue weighted by atomic mass is 10.0. The van der Waals surface area contributed by atoms with Crippen molar-refractivity contribution < 1.29 is 9.59 Å². The van der Waals surface area contributed by atoms with Crippen LogP contribution in [0, 0.1) is 0 Å². The lowest BCUT2D eigenvalue weighted by Gasteiger charge is -2.21. The summed E-state index contributed by atoms with van der Waals surface area (Å²) in [5.41, 5.74) is 3.44. The highest BCUT2D eigenvalue weighted by atomic mass is 32.2. The molecular formula is C19H15NO2S. The second kappa shape index (κ2) is 5.39. The van der Waals surface area contributed by atoms with E-state index in [-0.39, 0.29) is 11.7 Å². The molecule has 0 fully saturated rings. The van der Waals surface area contributed by atoms with Gasteiger partial charge >= 0.3 is 0 Å². The quantitative estimate of drug-likeness (QED) is 0.870. The van der Waals surface area contributed by atoms with Gasteiger partial charge in [0.25, 0.3) is 5.91 Å². The number of rotatable bonds is 3.